The van der Waals surface area contributed by atoms with Gasteiger partial charge in [-0.3, -0.25) is 0 Å². The number of hydrogen-bond donors (Lipinski definition) is 2. The summed E-state index contributed by atoms with van der Waals surface area (Å²) in [6, 6.07) is 9.30. The predicted octanol–water partition coefficient (Wildman–Crippen LogP) is 2.29. The van der Waals surface area contributed by atoms with Crippen molar-refractivity contribution in [2.45, 2.75) is 51.2 Å². The quantitative estimate of drug-likeness (QED) is 0.836. The molecule has 17 heavy (non-hydrogen) atoms. The minimum atomic E-state index is -0.556. The summed E-state index contributed by atoms with van der Waals surface area (Å²) in [4.78, 5) is 0. The van der Waals surface area contributed by atoms with Gasteiger partial charge < -0.3 is 10.4 Å². The van der Waals surface area contributed by atoms with Crippen molar-refractivity contribution in [1.29, 1.82) is 0 Å². The maximum atomic E-state index is 9.66. The molecule has 0 amide bonds. The highest BCUT2D eigenvalue weighted by Gasteiger charge is 2.18. The van der Waals surface area contributed by atoms with Crippen molar-refractivity contribution in [2.24, 2.45) is 0 Å². The van der Waals surface area contributed by atoms with Gasteiger partial charge in [0.15, 0.2) is 0 Å². The molecule has 0 spiro atoms. The first-order valence-electron chi connectivity index (χ1n) is 6.57. The Labute approximate surface area is 104 Å². The molecular weight excluding hydrogens is 210 g/mol. The largest absolute Gasteiger partial charge is 0.390 e. The van der Waals surface area contributed by atoms with Crippen molar-refractivity contribution in [3.63, 3.8) is 0 Å². The summed E-state index contributed by atoms with van der Waals surface area (Å²) in [5, 5.41) is 13.2. The zero-order chi connectivity index (χ0) is 12.3. The van der Waals surface area contributed by atoms with Crippen LogP contribution in [0.15, 0.2) is 24.3 Å². The van der Waals surface area contributed by atoms with Crippen LogP contribution in [0.1, 0.15) is 37.8 Å². The van der Waals surface area contributed by atoms with E-state index in [-0.39, 0.29) is 0 Å². The van der Waals surface area contributed by atoms with Gasteiger partial charge in [0.25, 0.3) is 0 Å². The summed E-state index contributed by atoms with van der Waals surface area (Å²) in [7, 11) is 0. The van der Waals surface area contributed by atoms with Gasteiger partial charge in [0.05, 0.1) is 5.60 Å². The Kier molecular flexibility index (Phi) is 3.85. The molecule has 1 aliphatic rings. The third-order valence-electron chi connectivity index (χ3n) is 3.52. The van der Waals surface area contributed by atoms with Crippen molar-refractivity contribution >= 4 is 0 Å². The molecule has 0 radical (unpaired) electrons. The van der Waals surface area contributed by atoms with Crippen LogP contribution in [0, 0.1) is 0 Å². The van der Waals surface area contributed by atoms with E-state index in [0.717, 1.165) is 19.4 Å². The molecule has 2 heteroatoms. The average molecular weight is 233 g/mol. The summed E-state index contributed by atoms with van der Waals surface area (Å²) in [5.74, 6) is 0. The standard InChI is InChI=1S/C15H23NO/c1-15(2,17)9-10-16-14-8-7-12-5-3-4-6-13(12)11-14/h3-6,14,16-17H,7-11H2,1-2H3. The van der Waals surface area contributed by atoms with E-state index in [2.05, 4.69) is 29.6 Å². The second-order valence-corrected chi connectivity index (χ2v) is 5.72. The monoisotopic (exact) mass is 233 g/mol. The van der Waals surface area contributed by atoms with Gasteiger partial charge in [-0.1, -0.05) is 24.3 Å². The average Bonchev–Trinajstić information content (AvgIpc) is 2.27. The lowest BCUT2D eigenvalue weighted by molar-refractivity contribution is 0.0702. The van der Waals surface area contributed by atoms with Crippen molar-refractivity contribution in [3.05, 3.63) is 35.4 Å². The van der Waals surface area contributed by atoms with Crippen LogP contribution in [0.25, 0.3) is 0 Å². The molecule has 0 saturated carbocycles. The molecule has 0 aromatic heterocycles. The zero-order valence-electron chi connectivity index (χ0n) is 10.9. The first-order chi connectivity index (χ1) is 8.04. The Morgan fingerprint density at radius 2 is 2.00 bits per heavy atom. The van der Waals surface area contributed by atoms with Gasteiger partial charge in [-0.2, -0.15) is 0 Å². The molecule has 0 heterocycles. The Bertz CT molecular complexity index is 367. The fourth-order valence-corrected chi connectivity index (χ4v) is 2.45. The highest BCUT2D eigenvalue weighted by molar-refractivity contribution is 5.30. The summed E-state index contributed by atoms with van der Waals surface area (Å²) in [5.41, 5.74) is 2.44. The molecule has 2 nitrogen and oxygen atoms in total. The maximum absolute atomic E-state index is 9.66. The van der Waals surface area contributed by atoms with E-state index in [1.807, 2.05) is 13.8 Å². The minimum Gasteiger partial charge on any atom is -0.390 e. The molecule has 94 valence electrons. The smallest absolute Gasteiger partial charge is 0.0603 e. The van der Waals surface area contributed by atoms with Crippen LogP contribution in [0.2, 0.25) is 0 Å². The normalized spacial score (nSPS) is 20.1. The van der Waals surface area contributed by atoms with Crippen LogP contribution < -0.4 is 5.32 Å². The summed E-state index contributed by atoms with van der Waals surface area (Å²) in [6.45, 7) is 4.63. The molecule has 2 rings (SSSR count). The highest BCUT2D eigenvalue weighted by Crippen LogP contribution is 2.21. The fourth-order valence-electron chi connectivity index (χ4n) is 2.45. The summed E-state index contributed by atoms with van der Waals surface area (Å²) >= 11 is 0. The van der Waals surface area contributed by atoms with Crippen LogP contribution in [-0.4, -0.2) is 23.3 Å². The number of hydrogen-bond acceptors (Lipinski definition) is 2. The SMILES string of the molecule is CC(C)(O)CCNC1CCc2ccccc2C1. The zero-order valence-corrected chi connectivity index (χ0v) is 10.9. The Morgan fingerprint density at radius 1 is 1.29 bits per heavy atom. The van der Waals surface area contributed by atoms with Crippen LogP contribution in [0.4, 0.5) is 0 Å². The van der Waals surface area contributed by atoms with Gasteiger partial charge in [-0.05, 0) is 57.2 Å². The Hall–Kier alpha value is -0.860. The lowest BCUT2D eigenvalue weighted by atomic mass is 9.88. The topological polar surface area (TPSA) is 32.3 Å². The molecule has 2 N–H and O–H groups in total. The van der Waals surface area contributed by atoms with Crippen LogP contribution in [0.5, 0.6) is 0 Å². The van der Waals surface area contributed by atoms with Crippen molar-refractivity contribution in [3.8, 4) is 0 Å². The lowest BCUT2D eigenvalue weighted by Gasteiger charge is -2.27. The van der Waals surface area contributed by atoms with E-state index in [9.17, 15) is 5.11 Å². The van der Waals surface area contributed by atoms with Crippen molar-refractivity contribution in [2.75, 3.05) is 6.54 Å². The Morgan fingerprint density at radius 3 is 2.71 bits per heavy atom. The second-order valence-electron chi connectivity index (χ2n) is 5.72. The molecule has 1 atom stereocenters. The van der Waals surface area contributed by atoms with Crippen LogP contribution >= 0.6 is 0 Å². The maximum Gasteiger partial charge on any atom is 0.0603 e. The highest BCUT2D eigenvalue weighted by atomic mass is 16.3. The molecule has 0 bridgehead atoms. The number of nitrogens with one attached hydrogen (secondary N) is 1. The summed E-state index contributed by atoms with van der Waals surface area (Å²) in [6.07, 6.45) is 4.33. The van der Waals surface area contributed by atoms with Gasteiger partial charge in [-0.15, -0.1) is 0 Å². The number of rotatable bonds is 4. The first kappa shape index (κ1) is 12.6. The third-order valence-corrected chi connectivity index (χ3v) is 3.52. The van der Waals surface area contributed by atoms with E-state index in [4.69, 9.17) is 0 Å². The number of benzene rings is 1. The molecule has 0 aliphatic heterocycles. The van der Waals surface area contributed by atoms with Crippen LogP contribution in [-0.2, 0) is 12.8 Å². The fraction of sp³-hybridized carbons (Fsp3) is 0.600. The van der Waals surface area contributed by atoms with Gasteiger partial charge in [0, 0.05) is 6.04 Å². The minimum absolute atomic E-state index is 0.556. The third kappa shape index (κ3) is 3.83. The van der Waals surface area contributed by atoms with Gasteiger partial charge in [0.1, 0.15) is 0 Å². The van der Waals surface area contributed by atoms with E-state index >= 15 is 0 Å². The molecule has 0 fully saturated rings. The number of aliphatic hydroxyl groups is 1. The number of fused-ring (bicyclic) bond motifs is 1. The Balaban J connectivity index is 1.82. The van der Waals surface area contributed by atoms with Gasteiger partial charge >= 0.3 is 0 Å². The molecular formula is C15H23NO. The van der Waals surface area contributed by atoms with Crippen molar-refractivity contribution < 1.29 is 5.11 Å². The van der Waals surface area contributed by atoms with Gasteiger partial charge in [-0.25, -0.2) is 0 Å². The van der Waals surface area contributed by atoms with Crippen LogP contribution in [0.3, 0.4) is 0 Å². The summed E-state index contributed by atoms with van der Waals surface area (Å²) < 4.78 is 0. The molecule has 1 unspecified atom stereocenters. The van der Waals surface area contributed by atoms with Crippen molar-refractivity contribution in [1.82, 2.24) is 5.32 Å². The first-order valence-corrected chi connectivity index (χ1v) is 6.57. The van der Waals surface area contributed by atoms with E-state index in [1.54, 1.807) is 0 Å². The second kappa shape index (κ2) is 5.19. The molecule has 0 saturated heterocycles. The number of aryl methyl sites for hydroxylation is 1. The van der Waals surface area contributed by atoms with E-state index < -0.39 is 5.60 Å². The predicted molar refractivity (Wildman–Crippen MR) is 71.2 cm³/mol. The lowest BCUT2D eigenvalue weighted by Crippen LogP contribution is -2.37. The molecule has 1 aliphatic carbocycles. The van der Waals surface area contributed by atoms with Gasteiger partial charge in [0.2, 0.25) is 0 Å². The van der Waals surface area contributed by atoms with E-state index in [0.29, 0.717) is 6.04 Å². The van der Waals surface area contributed by atoms with E-state index in [1.165, 1.54) is 24.0 Å². The molecule has 1 aromatic rings. The molecule has 1 aromatic carbocycles.